The second-order valence-electron chi connectivity index (χ2n) is 9.00. The van der Waals surface area contributed by atoms with Gasteiger partial charge in [-0.3, -0.25) is 4.79 Å². The lowest BCUT2D eigenvalue weighted by Gasteiger charge is -2.22. The minimum atomic E-state index is -0.180. The Hall–Kier alpha value is -2.09. The molecule has 1 aromatic heterocycles. The van der Waals surface area contributed by atoms with E-state index in [0.717, 1.165) is 44.9 Å². The molecule has 0 bridgehead atoms. The summed E-state index contributed by atoms with van der Waals surface area (Å²) in [5.74, 6) is 0. The number of aromatic nitrogens is 2. The molecule has 1 aromatic carbocycles. The Morgan fingerprint density at radius 1 is 1.03 bits per heavy atom. The molecule has 1 saturated heterocycles. The Morgan fingerprint density at radius 3 is 2.26 bits per heavy atom. The van der Waals surface area contributed by atoms with E-state index in [-0.39, 0.29) is 16.6 Å². The number of nitrogens with one attached hydrogen (secondary N) is 2. The first kappa shape index (κ1) is 26.5. The van der Waals surface area contributed by atoms with Crippen LogP contribution >= 0.6 is 11.6 Å². The lowest BCUT2D eigenvalue weighted by atomic mass is 9.96. The number of para-hydroxylation sites is 1. The van der Waals surface area contributed by atoms with Crippen LogP contribution in [0.5, 0.6) is 0 Å². The molecule has 1 aliphatic heterocycles. The number of rotatable bonds is 5. The van der Waals surface area contributed by atoms with E-state index in [1.165, 1.54) is 37.8 Å². The highest BCUT2D eigenvalue weighted by Crippen LogP contribution is 2.27. The van der Waals surface area contributed by atoms with E-state index in [1.54, 1.807) is 25.0 Å². The minimum Gasteiger partial charge on any atom is -0.385 e. The fourth-order valence-corrected chi connectivity index (χ4v) is 4.34. The van der Waals surface area contributed by atoms with E-state index in [2.05, 4.69) is 40.0 Å². The number of hydrogen-bond donors (Lipinski definition) is 2. The number of hydrogen-bond acceptors (Lipinski definition) is 6. The molecular formula is C26H39ClN4O3. The maximum absolute atomic E-state index is 12.0. The van der Waals surface area contributed by atoms with Crippen LogP contribution in [0.1, 0.15) is 63.8 Å². The molecule has 2 aromatic rings. The highest BCUT2D eigenvalue weighted by molar-refractivity contribution is 6.32. The van der Waals surface area contributed by atoms with Crippen molar-refractivity contribution in [2.24, 2.45) is 0 Å². The third-order valence-corrected chi connectivity index (χ3v) is 6.72. The molecule has 5 rings (SSSR count). The Morgan fingerprint density at radius 2 is 1.71 bits per heavy atom. The van der Waals surface area contributed by atoms with Gasteiger partial charge < -0.3 is 20.1 Å². The number of halogens is 1. The fraction of sp³-hybridized carbons (Fsp3) is 0.615. The summed E-state index contributed by atoms with van der Waals surface area (Å²) in [5, 5.41) is 10.7. The maximum atomic E-state index is 12.0. The summed E-state index contributed by atoms with van der Waals surface area (Å²) in [7, 11) is 3.49. The molecule has 0 atom stereocenters. The van der Waals surface area contributed by atoms with Gasteiger partial charge in [-0.2, -0.15) is 5.10 Å². The molecule has 34 heavy (non-hydrogen) atoms. The van der Waals surface area contributed by atoms with Crippen molar-refractivity contribution in [2.75, 3.05) is 38.0 Å². The zero-order chi connectivity index (χ0) is 24.2. The van der Waals surface area contributed by atoms with Crippen molar-refractivity contribution in [3.8, 4) is 0 Å². The molecule has 8 heteroatoms. The summed E-state index contributed by atoms with van der Waals surface area (Å²) in [6.07, 6.45) is 12.6. The summed E-state index contributed by atoms with van der Waals surface area (Å²) >= 11 is 5.98. The Bertz CT molecular complexity index is 893. The Balaban J connectivity index is 0.000000154. The van der Waals surface area contributed by atoms with Crippen LogP contribution in [0, 0.1) is 0 Å². The van der Waals surface area contributed by atoms with Gasteiger partial charge in [0.2, 0.25) is 0 Å². The van der Waals surface area contributed by atoms with Crippen LogP contribution in [-0.4, -0.2) is 49.3 Å². The number of ether oxygens (including phenoxy) is 2. The molecule has 0 spiro atoms. The van der Waals surface area contributed by atoms with Crippen LogP contribution in [0.4, 0.5) is 11.4 Å². The van der Waals surface area contributed by atoms with Crippen LogP contribution in [0.2, 0.25) is 5.02 Å². The first-order valence-corrected chi connectivity index (χ1v) is 12.9. The molecule has 0 amide bonds. The number of methoxy groups -OCH3 is 1. The van der Waals surface area contributed by atoms with Gasteiger partial charge in [-0.15, -0.1) is 0 Å². The van der Waals surface area contributed by atoms with Gasteiger partial charge in [0, 0.05) is 39.1 Å². The molecule has 0 unspecified atom stereocenters. The van der Waals surface area contributed by atoms with Gasteiger partial charge >= 0.3 is 0 Å². The Kier molecular flexibility index (Phi) is 11.2. The van der Waals surface area contributed by atoms with E-state index < -0.39 is 0 Å². The van der Waals surface area contributed by atoms with Crippen molar-refractivity contribution in [3.63, 3.8) is 0 Å². The van der Waals surface area contributed by atoms with Crippen molar-refractivity contribution in [2.45, 2.75) is 76.0 Å². The van der Waals surface area contributed by atoms with Crippen LogP contribution in [-0.2, 0) is 9.47 Å². The van der Waals surface area contributed by atoms with Gasteiger partial charge in [-0.05, 0) is 50.7 Å². The first-order chi connectivity index (χ1) is 16.6. The highest BCUT2D eigenvalue weighted by atomic mass is 35.5. The van der Waals surface area contributed by atoms with Gasteiger partial charge in [0.25, 0.3) is 5.56 Å². The first-order valence-electron chi connectivity index (χ1n) is 12.5. The van der Waals surface area contributed by atoms with Gasteiger partial charge in [-0.25, -0.2) is 4.68 Å². The quantitative estimate of drug-likeness (QED) is 0.575. The third-order valence-electron chi connectivity index (χ3n) is 6.36. The topological polar surface area (TPSA) is 77.4 Å². The monoisotopic (exact) mass is 490 g/mol. The van der Waals surface area contributed by atoms with Crippen molar-refractivity contribution >= 4 is 23.0 Å². The van der Waals surface area contributed by atoms with Crippen LogP contribution < -0.4 is 16.2 Å². The van der Waals surface area contributed by atoms with E-state index in [9.17, 15) is 4.79 Å². The lowest BCUT2D eigenvalue weighted by molar-refractivity contribution is -0.00998. The smallest absolute Gasteiger partial charge is 0.287 e. The predicted octanol–water partition coefficient (Wildman–Crippen LogP) is 5.52. The van der Waals surface area contributed by atoms with E-state index in [1.807, 2.05) is 6.07 Å². The number of nitrogens with zero attached hydrogens (tertiary/aromatic N) is 2. The molecule has 0 radical (unpaired) electrons. The molecule has 2 N–H and O–H groups in total. The predicted molar refractivity (Wildman–Crippen MR) is 139 cm³/mol. The molecule has 2 aliphatic carbocycles. The average Bonchev–Trinajstić information content (AvgIpc) is 3.72. The van der Waals surface area contributed by atoms with E-state index in [4.69, 9.17) is 21.1 Å². The molecular weight excluding hydrogens is 452 g/mol. The zero-order valence-electron chi connectivity index (χ0n) is 20.5. The summed E-state index contributed by atoms with van der Waals surface area (Å²) < 4.78 is 11.8. The summed E-state index contributed by atoms with van der Waals surface area (Å²) in [6, 6.07) is 11.4. The van der Waals surface area contributed by atoms with E-state index in [0.29, 0.717) is 11.8 Å². The van der Waals surface area contributed by atoms with Gasteiger partial charge in [-0.1, -0.05) is 49.1 Å². The molecule has 2 heterocycles. The number of benzene rings is 1. The number of anilines is 2. The largest absolute Gasteiger partial charge is 0.385 e. The van der Waals surface area contributed by atoms with Crippen LogP contribution in [0.25, 0.3) is 0 Å². The standard InChI is InChI=1S/C11H16ClN3O.C9H11N.C6H12O2/c1-13-9-7-14-15(11(16)10(9)12)8-5-3-2-4-6-8;1-2-4-8(5-3-1)10-9-6-7-9;1-7-6-2-4-8-5-3-6/h7-8,13H,2-6H2,1H3;1-5,9-10H,6-7H2;6H,2-5H2,1H3. The average molecular weight is 491 g/mol. The van der Waals surface area contributed by atoms with E-state index >= 15 is 0 Å². The summed E-state index contributed by atoms with van der Waals surface area (Å²) in [6.45, 7) is 1.75. The maximum Gasteiger partial charge on any atom is 0.287 e. The van der Waals surface area contributed by atoms with Crippen molar-refractivity contribution in [1.82, 2.24) is 9.78 Å². The van der Waals surface area contributed by atoms with Crippen molar-refractivity contribution < 1.29 is 9.47 Å². The normalized spacial score (nSPS) is 18.7. The summed E-state index contributed by atoms with van der Waals surface area (Å²) in [4.78, 5) is 12.0. The molecule has 188 valence electrons. The third kappa shape index (κ3) is 8.60. The van der Waals surface area contributed by atoms with Gasteiger partial charge in [0.1, 0.15) is 5.02 Å². The second kappa shape index (κ2) is 14.3. The van der Waals surface area contributed by atoms with Gasteiger partial charge in [0.05, 0.1) is 24.0 Å². The minimum absolute atomic E-state index is 0.180. The Labute approximate surface area is 208 Å². The second-order valence-corrected chi connectivity index (χ2v) is 9.37. The van der Waals surface area contributed by atoms with Crippen molar-refractivity contribution in [3.05, 3.63) is 51.9 Å². The SMILES string of the molecule is CNc1cnn(C2CCCCC2)c(=O)c1Cl.COC1CCOCC1.c1ccc(NC2CC2)cc1. The van der Waals surface area contributed by atoms with Crippen LogP contribution in [0.3, 0.4) is 0 Å². The zero-order valence-corrected chi connectivity index (χ0v) is 21.2. The van der Waals surface area contributed by atoms with Crippen molar-refractivity contribution in [1.29, 1.82) is 0 Å². The molecule has 7 nitrogen and oxygen atoms in total. The fourth-order valence-electron chi connectivity index (χ4n) is 4.11. The lowest BCUT2D eigenvalue weighted by Crippen LogP contribution is -2.29. The van der Waals surface area contributed by atoms with Gasteiger partial charge in [0.15, 0.2) is 0 Å². The van der Waals surface area contributed by atoms with Crippen LogP contribution in [0.15, 0.2) is 41.3 Å². The molecule has 3 fully saturated rings. The molecule has 3 aliphatic rings. The molecule has 2 saturated carbocycles. The summed E-state index contributed by atoms with van der Waals surface area (Å²) in [5.41, 5.74) is 1.67. The highest BCUT2D eigenvalue weighted by Gasteiger charge is 2.20.